The summed E-state index contributed by atoms with van der Waals surface area (Å²) in [4.78, 5) is 45.9. The molecular formula is C27H39N5O5S. The summed E-state index contributed by atoms with van der Waals surface area (Å²) in [7, 11) is 1.75. The van der Waals surface area contributed by atoms with Gasteiger partial charge in [-0.3, -0.25) is 9.59 Å². The van der Waals surface area contributed by atoms with Crippen LogP contribution in [0.2, 0.25) is 0 Å². The first-order valence-corrected chi connectivity index (χ1v) is 15.3. The van der Waals surface area contributed by atoms with E-state index < -0.39 is 22.6 Å². The van der Waals surface area contributed by atoms with Gasteiger partial charge in [0.05, 0.1) is 11.1 Å². The average Bonchev–Trinajstić information content (AvgIpc) is 3.17. The smallest absolute Gasteiger partial charge is 0.318 e. The number of nitrogens with one attached hydrogen (secondary N) is 3. The Morgan fingerprint density at radius 1 is 1.18 bits per heavy atom. The SMILES string of the molecule is CC1CCC([C@H](NC(=O)N(C)C2CC[S+]([O-])CC2)C(=O)Nc2cc3c(cn2)C2(CCOCC2)C(=O)N3)CC1. The van der Waals surface area contributed by atoms with E-state index in [0.717, 1.165) is 31.2 Å². The second-order valence-electron chi connectivity index (χ2n) is 11.4. The first-order valence-electron chi connectivity index (χ1n) is 13.9. The second kappa shape index (κ2) is 11.4. The molecule has 0 unspecified atom stereocenters. The van der Waals surface area contributed by atoms with Crippen LogP contribution in [0.5, 0.6) is 0 Å². The van der Waals surface area contributed by atoms with E-state index in [1.165, 1.54) is 0 Å². The van der Waals surface area contributed by atoms with E-state index in [1.54, 1.807) is 24.2 Å². The molecule has 208 valence electrons. The number of ether oxygens (including phenoxy) is 1. The van der Waals surface area contributed by atoms with Crippen molar-refractivity contribution < 1.29 is 23.7 Å². The van der Waals surface area contributed by atoms with Gasteiger partial charge >= 0.3 is 6.03 Å². The lowest BCUT2D eigenvalue weighted by Gasteiger charge is -2.36. The van der Waals surface area contributed by atoms with Crippen molar-refractivity contribution in [3.63, 3.8) is 0 Å². The third-order valence-electron chi connectivity index (χ3n) is 9.02. The van der Waals surface area contributed by atoms with E-state index in [0.29, 0.717) is 67.8 Å². The maximum Gasteiger partial charge on any atom is 0.318 e. The molecule has 10 nitrogen and oxygen atoms in total. The first kappa shape index (κ1) is 27.2. The molecule has 4 heterocycles. The number of rotatable bonds is 5. The van der Waals surface area contributed by atoms with Gasteiger partial charge in [-0.25, -0.2) is 9.78 Å². The molecule has 1 atom stereocenters. The number of pyridine rings is 1. The molecule has 38 heavy (non-hydrogen) atoms. The molecule has 3 aliphatic heterocycles. The van der Waals surface area contributed by atoms with Crippen LogP contribution < -0.4 is 16.0 Å². The Bertz CT molecular complexity index is 1050. The van der Waals surface area contributed by atoms with E-state index in [2.05, 4.69) is 27.9 Å². The Morgan fingerprint density at radius 2 is 1.87 bits per heavy atom. The lowest BCUT2D eigenvalue weighted by molar-refractivity contribution is -0.124. The predicted octanol–water partition coefficient (Wildman–Crippen LogP) is 2.77. The van der Waals surface area contributed by atoms with Gasteiger partial charge < -0.3 is 30.1 Å². The van der Waals surface area contributed by atoms with Crippen LogP contribution in [-0.2, 0) is 30.9 Å². The van der Waals surface area contributed by atoms with Crippen molar-refractivity contribution in [1.29, 1.82) is 0 Å². The lowest BCUT2D eigenvalue weighted by Crippen LogP contribution is -2.55. The van der Waals surface area contributed by atoms with Crippen molar-refractivity contribution in [2.75, 3.05) is 42.4 Å². The average molecular weight is 546 g/mol. The van der Waals surface area contributed by atoms with E-state index >= 15 is 0 Å². The molecule has 4 amide bonds. The molecule has 1 aromatic rings. The molecule has 1 aliphatic carbocycles. The third-order valence-corrected chi connectivity index (χ3v) is 10.4. The number of hydrogen-bond acceptors (Lipinski definition) is 6. The molecular weight excluding hydrogens is 506 g/mol. The Morgan fingerprint density at radius 3 is 2.55 bits per heavy atom. The van der Waals surface area contributed by atoms with Crippen molar-refractivity contribution in [2.24, 2.45) is 11.8 Å². The summed E-state index contributed by atoms with van der Waals surface area (Å²) in [5.41, 5.74) is 0.906. The fraction of sp³-hybridized carbons (Fsp3) is 0.704. The second-order valence-corrected chi connectivity index (χ2v) is 13.1. The number of amides is 4. The van der Waals surface area contributed by atoms with Gasteiger partial charge in [0.2, 0.25) is 11.8 Å². The van der Waals surface area contributed by atoms with Gasteiger partial charge in [0, 0.05) is 57.0 Å². The number of nitrogens with zero attached hydrogens (tertiary/aromatic N) is 2. The van der Waals surface area contributed by atoms with Crippen LogP contribution in [0.1, 0.15) is 63.9 Å². The molecule has 1 spiro atoms. The van der Waals surface area contributed by atoms with Crippen LogP contribution in [0.15, 0.2) is 12.3 Å². The van der Waals surface area contributed by atoms with Crippen molar-refractivity contribution >= 4 is 40.5 Å². The lowest BCUT2D eigenvalue weighted by atomic mass is 9.76. The zero-order valence-electron chi connectivity index (χ0n) is 22.3. The predicted molar refractivity (Wildman–Crippen MR) is 145 cm³/mol. The summed E-state index contributed by atoms with van der Waals surface area (Å²) in [5.74, 6) is 1.84. The van der Waals surface area contributed by atoms with E-state index in [4.69, 9.17) is 4.74 Å². The zero-order chi connectivity index (χ0) is 26.9. The van der Waals surface area contributed by atoms with Crippen LogP contribution in [0, 0.1) is 11.8 Å². The molecule has 0 bridgehead atoms. The molecule has 5 rings (SSSR count). The highest BCUT2D eigenvalue weighted by Gasteiger charge is 2.48. The van der Waals surface area contributed by atoms with Gasteiger partial charge in [-0.1, -0.05) is 30.9 Å². The van der Waals surface area contributed by atoms with Crippen LogP contribution in [-0.4, -0.2) is 76.1 Å². The van der Waals surface area contributed by atoms with E-state index in [1.807, 2.05) is 0 Å². The molecule has 0 aromatic carbocycles. The minimum Gasteiger partial charge on any atom is -0.616 e. The highest BCUT2D eigenvalue weighted by molar-refractivity contribution is 7.91. The minimum absolute atomic E-state index is 0.0160. The van der Waals surface area contributed by atoms with Gasteiger partial charge in [0.1, 0.15) is 23.4 Å². The summed E-state index contributed by atoms with van der Waals surface area (Å²) in [6.45, 7) is 3.28. The van der Waals surface area contributed by atoms with Crippen LogP contribution >= 0.6 is 0 Å². The summed E-state index contributed by atoms with van der Waals surface area (Å²) in [6, 6.07) is 0.756. The van der Waals surface area contributed by atoms with Gasteiger partial charge in [0.15, 0.2) is 0 Å². The summed E-state index contributed by atoms with van der Waals surface area (Å²) in [6.07, 6.45) is 8.07. The Hall–Kier alpha value is -2.37. The Kier molecular flexibility index (Phi) is 8.16. The van der Waals surface area contributed by atoms with Crippen molar-refractivity contribution in [1.82, 2.24) is 15.2 Å². The Labute approximate surface area is 227 Å². The Balaban J connectivity index is 1.30. The number of carbonyl (C=O) groups excluding carboxylic acids is 3. The highest BCUT2D eigenvalue weighted by Crippen LogP contribution is 2.44. The topological polar surface area (TPSA) is 136 Å². The number of urea groups is 1. The van der Waals surface area contributed by atoms with Crippen LogP contribution in [0.4, 0.5) is 16.3 Å². The van der Waals surface area contributed by atoms with E-state index in [-0.39, 0.29) is 29.8 Å². The molecule has 3 N–H and O–H groups in total. The zero-order valence-corrected chi connectivity index (χ0v) is 23.1. The minimum atomic E-state index is -0.807. The van der Waals surface area contributed by atoms with Gasteiger partial charge in [0.25, 0.3) is 0 Å². The number of carbonyl (C=O) groups is 3. The fourth-order valence-corrected chi connectivity index (χ4v) is 7.65. The summed E-state index contributed by atoms with van der Waals surface area (Å²) < 4.78 is 17.2. The number of aromatic nitrogens is 1. The molecule has 11 heteroatoms. The molecule has 1 aromatic heterocycles. The molecule has 1 saturated carbocycles. The third kappa shape index (κ3) is 5.51. The molecule has 3 fully saturated rings. The van der Waals surface area contributed by atoms with Gasteiger partial charge in [-0.2, -0.15) is 0 Å². The van der Waals surface area contributed by atoms with E-state index in [9.17, 15) is 18.9 Å². The summed E-state index contributed by atoms with van der Waals surface area (Å²) in [5, 5.41) is 8.91. The standard InChI is InChI=1S/C27H39N5O5S/c1-17-3-5-18(6-4-17)23(31-26(35)32(2)19-7-13-38(36)14-8-19)24(33)30-22-15-21-20(16-28-22)27(25(34)29-21)9-11-37-12-10-27/h15-19,23H,3-14H2,1-2H3,(H,29,34)(H,31,35)(H,28,30,33)/t17?,18?,19?,23-,38?/m0/s1. The monoisotopic (exact) mass is 545 g/mol. The van der Waals surface area contributed by atoms with Crippen molar-refractivity contribution in [3.05, 3.63) is 17.8 Å². The normalized spacial score (nSPS) is 29.2. The van der Waals surface area contributed by atoms with Gasteiger partial charge in [-0.15, -0.1) is 0 Å². The van der Waals surface area contributed by atoms with Crippen LogP contribution in [0.3, 0.4) is 0 Å². The molecule has 2 saturated heterocycles. The summed E-state index contributed by atoms with van der Waals surface area (Å²) >= 11 is -0.807. The largest absolute Gasteiger partial charge is 0.616 e. The number of fused-ring (bicyclic) bond motifs is 2. The highest BCUT2D eigenvalue weighted by atomic mass is 32.2. The molecule has 0 radical (unpaired) electrons. The quantitative estimate of drug-likeness (QED) is 0.487. The van der Waals surface area contributed by atoms with Crippen molar-refractivity contribution in [2.45, 2.75) is 75.8 Å². The fourth-order valence-electron chi connectivity index (χ4n) is 6.38. The maximum absolute atomic E-state index is 13.6. The van der Waals surface area contributed by atoms with Crippen LogP contribution in [0.25, 0.3) is 0 Å². The van der Waals surface area contributed by atoms with Crippen molar-refractivity contribution in [3.8, 4) is 0 Å². The maximum atomic E-state index is 13.6. The molecule has 4 aliphatic rings. The number of hydrogen-bond donors (Lipinski definition) is 3. The number of anilines is 2. The first-order chi connectivity index (χ1) is 18.3. The van der Waals surface area contributed by atoms with Gasteiger partial charge in [-0.05, 0) is 37.5 Å².